The van der Waals surface area contributed by atoms with Crippen molar-refractivity contribution in [3.63, 3.8) is 0 Å². The van der Waals surface area contributed by atoms with Crippen LogP contribution in [0, 0.1) is 16.7 Å². The van der Waals surface area contributed by atoms with Gasteiger partial charge in [0.2, 0.25) is 0 Å². The summed E-state index contributed by atoms with van der Waals surface area (Å²) in [6.07, 6.45) is 8.47. The van der Waals surface area contributed by atoms with E-state index in [1.807, 2.05) is 6.20 Å². The molecule has 1 aromatic heterocycles. The lowest BCUT2D eigenvalue weighted by Gasteiger charge is -2.49. The minimum atomic E-state index is -0.0742. The number of anilines is 1. The number of pyridine rings is 1. The van der Waals surface area contributed by atoms with E-state index in [0.717, 1.165) is 48.8 Å². The molecule has 4 aliphatic rings. The third-order valence-corrected chi connectivity index (χ3v) is 7.10. The van der Waals surface area contributed by atoms with Crippen LogP contribution in [0.3, 0.4) is 0 Å². The molecular weight excluding hydrogens is 352 g/mol. The van der Waals surface area contributed by atoms with Crippen molar-refractivity contribution in [2.45, 2.75) is 38.5 Å². The number of fused-ring (bicyclic) bond motifs is 1. The van der Waals surface area contributed by atoms with Crippen LogP contribution in [0.25, 0.3) is 5.70 Å². The topological polar surface area (TPSA) is 69.5 Å². The van der Waals surface area contributed by atoms with Crippen molar-refractivity contribution in [3.05, 3.63) is 29.0 Å². The summed E-state index contributed by atoms with van der Waals surface area (Å²) in [4.78, 5) is 21.8. The lowest BCUT2D eigenvalue weighted by Crippen LogP contribution is -2.43. The molecule has 6 heteroatoms. The summed E-state index contributed by atoms with van der Waals surface area (Å²) in [5.74, 6) is 0.841. The summed E-state index contributed by atoms with van der Waals surface area (Å²) in [5.41, 5.74) is 3.68. The normalized spacial score (nSPS) is 24.0. The second kappa shape index (κ2) is 6.89. The summed E-state index contributed by atoms with van der Waals surface area (Å²) in [7, 11) is 0. The molecule has 1 aromatic rings. The maximum atomic E-state index is 12.7. The predicted molar refractivity (Wildman–Crippen MR) is 106 cm³/mol. The zero-order valence-electron chi connectivity index (χ0n) is 16.2. The van der Waals surface area contributed by atoms with E-state index < -0.39 is 0 Å². The average Bonchev–Trinajstić information content (AvgIpc) is 2.72. The van der Waals surface area contributed by atoms with Crippen molar-refractivity contribution in [3.8, 4) is 6.07 Å². The maximum Gasteiger partial charge on any atom is 0.179 e. The van der Waals surface area contributed by atoms with Gasteiger partial charge in [0.15, 0.2) is 5.78 Å². The number of rotatable bonds is 2. The number of ketones is 1. The van der Waals surface area contributed by atoms with E-state index >= 15 is 0 Å². The molecule has 6 nitrogen and oxygen atoms in total. The molecule has 2 aliphatic heterocycles. The highest BCUT2D eigenvalue weighted by atomic mass is 16.5. The number of piperidine rings is 1. The summed E-state index contributed by atoms with van der Waals surface area (Å²) in [5, 5.41) is 9.77. The van der Waals surface area contributed by atoms with E-state index in [1.54, 1.807) is 0 Å². The number of aromatic nitrogens is 1. The third-order valence-electron chi connectivity index (χ3n) is 7.10. The molecule has 0 unspecified atom stereocenters. The maximum absolute atomic E-state index is 12.7. The van der Waals surface area contributed by atoms with Crippen LogP contribution in [0.15, 0.2) is 17.8 Å². The van der Waals surface area contributed by atoms with E-state index in [0.29, 0.717) is 24.2 Å². The second-order valence-corrected chi connectivity index (χ2v) is 8.58. The van der Waals surface area contributed by atoms with E-state index in [9.17, 15) is 10.1 Å². The molecule has 1 spiro atoms. The third kappa shape index (κ3) is 2.89. The Bertz CT molecular complexity index is 865. The monoisotopic (exact) mass is 378 g/mol. The number of Topliss-reactive ketones (excluding diaryl/α,β-unsaturated/α-hetero) is 1. The Morgan fingerprint density at radius 3 is 2.46 bits per heavy atom. The van der Waals surface area contributed by atoms with Gasteiger partial charge in [0.25, 0.3) is 0 Å². The molecule has 3 fully saturated rings. The van der Waals surface area contributed by atoms with Gasteiger partial charge in [0.1, 0.15) is 17.5 Å². The van der Waals surface area contributed by atoms with Crippen molar-refractivity contribution in [1.29, 1.82) is 5.26 Å². The lowest BCUT2D eigenvalue weighted by molar-refractivity contribution is -0.114. The molecule has 146 valence electrons. The highest BCUT2D eigenvalue weighted by molar-refractivity contribution is 6.10. The second-order valence-electron chi connectivity index (χ2n) is 8.58. The molecule has 28 heavy (non-hydrogen) atoms. The molecule has 2 saturated heterocycles. The molecule has 0 radical (unpaired) electrons. The molecular formula is C22H26N4O2. The number of carbonyl (C=O) groups excluding carboxylic acids is 1. The minimum absolute atomic E-state index is 0.0742. The molecule has 2 aliphatic carbocycles. The van der Waals surface area contributed by atoms with Gasteiger partial charge in [-0.15, -0.1) is 0 Å². The van der Waals surface area contributed by atoms with Crippen LogP contribution < -0.4 is 4.90 Å². The number of ether oxygens (including phenoxy) is 1. The predicted octanol–water partition coefficient (Wildman–Crippen LogP) is 2.54. The largest absolute Gasteiger partial charge is 0.378 e. The first-order valence-electron chi connectivity index (χ1n) is 10.4. The van der Waals surface area contributed by atoms with Crippen LogP contribution in [0.5, 0.6) is 0 Å². The summed E-state index contributed by atoms with van der Waals surface area (Å²) < 4.78 is 5.46. The van der Waals surface area contributed by atoms with Gasteiger partial charge in [0, 0.05) is 44.4 Å². The van der Waals surface area contributed by atoms with Crippen LogP contribution in [0.4, 0.5) is 5.82 Å². The number of nitriles is 1. The average molecular weight is 378 g/mol. The van der Waals surface area contributed by atoms with Gasteiger partial charge in [-0.1, -0.05) is 6.42 Å². The highest BCUT2D eigenvalue weighted by Gasteiger charge is 2.41. The zero-order valence-corrected chi connectivity index (χ0v) is 16.2. The van der Waals surface area contributed by atoms with Crippen LogP contribution in [0.1, 0.15) is 43.2 Å². The van der Waals surface area contributed by atoms with Gasteiger partial charge in [-0.3, -0.25) is 4.79 Å². The fourth-order valence-electron chi connectivity index (χ4n) is 5.15. The van der Waals surface area contributed by atoms with Crippen molar-refractivity contribution in [2.75, 3.05) is 44.3 Å². The Morgan fingerprint density at radius 1 is 1.07 bits per heavy atom. The van der Waals surface area contributed by atoms with Crippen molar-refractivity contribution in [2.24, 2.45) is 5.41 Å². The van der Waals surface area contributed by atoms with Crippen molar-refractivity contribution >= 4 is 17.3 Å². The number of hydrogen-bond donors (Lipinski definition) is 0. The Morgan fingerprint density at radius 2 is 1.82 bits per heavy atom. The molecule has 0 amide bonds. The minimum Gasteiger partial charge on any atom is -0.378 e. The van der Waals surface area contributed by atoms with E-state index in [2.05, 4.69) is 26.9 Å². The van der Waals surface area contributed by atoms with Gasteiger partial charge < -0.3 is 14.5 Å². The van der Waals surface area contributed by atoms with Crippen LogP contribution >= 0.6 is 0 Å². The number of allylic oxidation sites excluding steroid dienone is 1. The fraction of sp³-hybridized carbons (Fsp3) is 0.591. The number of hydrogen-bond acceptors (Lipinski definition) is 6. The Balaban J connectivity index is 1.51. The van der Waals surface area contributed by atoms with Crippen molar-refractivity contribution in [1.82, 2.24) is 9.88 Å². The number of morpholine rings is 1. The van der Waals surface area contributed by atoms with Gasteiger partial charge >= 0.3 is 0 Å². The first-order valence-corrected chi connectivity index (χ1v) is 10.4. The number of likely N-dealkylation sites (tertiary alicyclic amines) is 1. The Labute approximate surface area is 165 Å². The van der Waals surface area contributed by atoms with Crippen LogP contribution in [-0.2, 0) is 16.0 Å². The standard InChI is InChI=1S/C22H26N4O2/c23-14-18-19(27)12-16-15-24-20(25-8-10-28-11-9-25)13-17(16)21(18)26-6-4-22(5-7-26)2-1-3-22/h13,15H,1-12H2. The lowest BCUT2D eigenvalue weighted by atomic mass is 9.63. The van der Waals surface area contributed by atoms with Crippen LogP contribution in [0.2, 0.25) is 0 Å². The zero-order chi connectivity index (χ0) is 19.1. The first kappa shape index (κ1) is 17.7. The number of carbonyl (C=O) groups is 1. The van der Waals surface area contributed by atoms with Gasteiger partial charge in [-0.2, -0.15) is 5.26 Å². The first-order chi connectivity index (χ1) is 13.7. The molecule has 5 rings (SSSR count). The molecule has 0 N–H and O–H groups in total. The Kier molecular flexibility index (Phi) is 4.36. The van der Waals surface area contributed by atoms with Crippen molar-refractivity contribution < 1.29 is 9.53 Å². The highest BCUT2D eigenvalue weighted by Crippen LogP contribution is 2.50. The SMILES string of the molecule is N#CC1=C(N2CCC3(CCC3)CC2)c2cc(N3CCOCC3)ncc2CC1=O. The number of nitrogens with zero attached hydrogens (tertiary/aromatic N) is 4. The molecule has 3 heterocycles. The molecule has 0 atom stereocenters. The summed E-state index contributed by atoms with van der Waals surface area (Å²) in [6, 6.07) is 4.31. The summed E-state index contributed by atoms with van der Waals surface area (Å²) in [6.45, 7) is 4.92. The van der Waals surface area contributed by atoms with E-state index in [1.165, 1.54) is 32.1 Å². The smallest absolute Gasteiger partial charge is 0.179 e. The molecule has 0 aromatic carbocycles. The van der Waals surface area contributed by atoms with Gasteiger partial charge in [-0.25, -0.2) is 4.98 Å². The molecule has 0 bridgehead atoms. The molecule has 1 saturated carbocycles. The van der Waals surface area contributed by atoms with Gasteiger partial charge in [-0.05, 0) is 42.7 Å². The quantitative estimate of drug-likeness (QED) is 0.788. The van der Waals surface area contributed by atoms with Gasteiger partial charge in [0.05, 0.1) is 18.9 Å². The van der Waals surface area contributed by atoms with Crippen LogP contribution in [-0.4, -0.2) is 55.1 Å². The Hall–Kier alpha value is -2.39. The van der Waals surface area contributed by atoms with E-state index in [4.69, 9.17) is 4.74 Å². The van der Waals surface area contributed by atoms with E-state index in [-0.39, 0.29) is 12.2 Å². The fourth-order valence-corrected chi connectivity index (χ4v) is 5.15. The summed E-state index contributed by atoms with van der Waals surface area (Å²) >= 11 is 0.